The molecule has 1 aliphatic rings. The molecule has 0 unspecified atom stereocenters. The number of nitrogens with two attached hydrogens (primary N) is 1. The van der Waals surface area contributed by atoms with Gasteiger partial charge >= 0.3 is 0 Å². The Morgan fingerprint density at radius 3 is 2.64 bits per heavy atom. The molecule has 1 aromatic carbocycles. The molecule has 0 saturated carbocycles. The Morgan fingerprint density at radius 2 is 1.92 bits per heavy atom. The molecule has 3 rings (SSSR count). The van der Waals surface area contributed by atoms with Crippen LogP contribution in [0.15, 0.2) is 47.6 Å². The summed E-state index contributed by atoms with van der Waals surface area (Å²) in [7, 11) is 0. The summed E-state index contributed by atoms with van der Waals surface area (Å²) in [5, 5.41) is 0. The van der Waals surface area contributed by atoms with Crippen LogP contribution >= 0.6 is 35.7 Å². The van der Waals surface area contributed by atoms with Crippen LogP contribution in [0.5, 0.6) is 11.5 Å². The maximum atomic E-state index is 12.9. The third-order valence-electron chi connectivity index (χ3n) is 3.58. The summed E-state index contributed by atoms with van der Waals surface area (Å²) in [5.41, 5.74) is 6.81. The minimum Gasteiger partial charge on any atom is -0.457 e. The van der Waals surface area contributed by atoms with Gasteiger partial charge in [-0.1, -0.05) is 0 Å². The minimum atomic E-state index is -0.293. The van der Waals surface area contributed by atoms with Gasteiger partial charge in [0.1, 0.15) is 17.3 Å². The van der Waals surface area contributed by atoms with Crippen molar-refractivity contribution in [3.05, 3.63) is 54.1 Å². The monoisotopic (exact) mass is 474 g/mol. The van der Waals surface area contributed by atoms with Crippen LogP contribution in [-0.4, -0.2) is 40.4 Å². The van der Waals surface area contributed by atoms with Gasteiger partial charge in [-0.15, -0.1) is 24.0 Å². The Bertz CT molecular complexity index is 708. The van der Waals surface area contributed by atoms with E-state index in [-0.39, 0.29) is 29.8 Å². The zero-order valence-electron chi connectivity index (χ0n) is 13.6. The molecule has 1 fully saturated rings. The van der Waals surface area contributed by atoms with E-state index in [0.29, 0.717) is 24.0 Å². The lowest BCUT2D eigenvalue weighted by atomic mass is 10.3. The second-order valence-corrected chi connectivity index (χ2v) is 6.54. The lowest BCUT2D eigenvalue weighted by Crippen LogP contribution is -2.42. The van der Waals surface area contributed by atoms with Gasteiger partial charge in [0.05, 0.1) is 12.2 Å². The van der Waals surface area contributed by atoms with Gasteiger partial charge in [-0.25, -0.2) is 9.38 Å². The molecule has 0 spiro atoms. The number of aliphatic imine (C=N–C) groups is 1. The molecule has 1 aromatic heterocycles. The highest BCUT2D eigenvalue weighted by atomic mass is 127. The first kappa shape index (κ1) is 19.8. The Labute approximate surface area is 167 Å². The average Bonchev–Trinajstić information content (AvgIpc) is 2.63. The SMILES string of the molecule is I.NC(=NCc1cc(Oc2ccc(F)cc2)ccn1)N1CCSCC1. The van der Waals surface area contributed by atoms with E-state index in [1.54, 1.807) is 24.4 Å². The van der Waals surface area contributed by atoms with E-state index >= 15 is 0 Å². The number of aromatic nitrogens is 1. The zero-order chi connectivity index (χ0) is 16.8. The van der Waals surface area contributed by atoms with E-state index in [1.165, 1.54) is 12.1 Å². The average molecular weight is 474 g/mol. The molecule has 5 nitrogen and oxygen atoms in total. The molecule has 2 aromatic rings. The highest BCUT2D eigenvalue weighted by Gasteiger charge is 2.12. The lowest BCUT2D eigenvalue weighted by molar-refractivity contribution is 0.455. The third kappa shape index (κ3) is 6.03. The van der Waals surface area contributed by atoms with Crippen LogP contribution in [0.2, 0.25) is 0 Å². The molecule has 0 radical (unpaired) electrons. The first-order chi connectivity index (χ1) is 11.7. The van der Waals surface area contributed by atoms with Gasteiger partial charge < -0.3 is 15.4 Å². The lowest BCUT2D eigenvalue weighted by Gasteiger charge is -2.27. The molecule has 2 heterocycles. The largest absolute Gasteiger partial charge is 0.457 e. The topological polar surface area (TPSA) is 63.7 Å². The smallest absolute Gasteiger partial charge is 0.191 e. The van der Waals surface area contributed by atoms with Crippen molar-refractivity contribution in [3.63, 3.8) is 0 Å². The Kier molecular flexibility index (Phi) is 7.76. The molecule has 0 amide bonds. The molecular weight excluding hydrogens is 454 g/mol. The molecule has 134 valence electrons. The van der Waals surface area contributed by atoms with E-state index in [0.717, 1.165) is 30.3 Å². The minimum absolute atomic E-state index is 0. The summed E-state index contributed by atoms with van der Waals surface area (Å²) in [6.07, 6.45) is 1.66. The molecule has 8 heteroatoms. The van der Waals surface area contributed by atoms with E-state index in [4.69, 9.17) is 10.5 Å². The highest BCUT2D eigenvalue weighted by Crippen LogP contribution is 2.21. The van der Waals surface area contributed by atoms with Crippen molar-refractivity contribution in [1.29, 1.82) is 0 Å². The zero-order valence-corrected chi connectivity index (χ0v) is 16.7. The van der Waals surface area contributed by atoms with Crippen molar-refractivity contribution in [2.75, 3.05) is 24.6 Å². The summed E-state index contributed by atoms with van der Waals surface area (Å²) in [6.45, 7) is 2.26. The van der Waals surface area contributed by atoms with Gasteiger partial charge in [-0.2, -0.15) is 11.8 Å². The van der Waals surface area contributed by atoms with Crippen LogP contribution in [0.3, 0.4) is 0 Å². The normalized spacial score (nSPS) is 14.8. The number of hydrogen-bond donors (Lipinski definition) is 1. The predicted molar refractivity (Wildman–Crippen MR) is 110 cm³/mol. The number of halogens is 2. The van der Waals surface area contributed by atoms with Gasteiger partial charge in [0, 0.05) is 36.9 Å². The van der Waals surface area contributed by atoms with E-state index in [1.807, 2.05) is 17.8 Å². The van der Waals surface area contributed by atoms with Gasteiger partial charge in [0.2, 0.25) is 0 Å². The number of ether oxygens (including phenoxy) is 1. The Balaban J connectivity index is 0.00000225. The number of pyridine rings is 1. The van der Waals surface area contributed by atoms with Gasteiger partial charge in [-0.3, -0.25) is 4.98 Å². The third-order valence-corrected chi connectivity index (χ3v) is 4.52. The van der Waals surface area contributed by atoms with Crippen molar-refractivity contribution in [1.82, 2.24) is 9.88 Å². The van der Waals surface area contributed by atoms with Crippen LogP contribution in [0.4, 0.5) is 4.39 Å². The summed E-state index contributed by atoms with van der Waals surface area (Å²) in [4.78, 5) is 10.8. The van der Waals surface area contributed by atoms with Gasteiger partial charge in [0.15, 0.2) is 5.96 Å². The summed E-state index contributed by atoms with van der Waals surface area (Å²) in [5.74, 6) is 3.63. The van der Waals surface area contributed by atoms with Crippen molar-refractivity contribution in [2.24, 2.45) is 10.7 Å². The second-order valence-electron chi connectivity index (χ2n) is 5.31. The van der Waals surface area contributed by atoms with Crippen LogP contribution in [0, 0.1) is 5.82 Å². The van der Waals surface area contributed by atoms with E-state index < -0.39 is 0 Å². The van der Waals surface area contributed by atoms with Crippen LogP contribution < -0.4 is 10.5 Å². The molecule has 0 bridgehead atoms. The number of benzene rings is 1. The number of nitrogens with zero attached hydrogens (tertiary/aromatic N) is 3. The second kappa shape index (κ2) is 9.81. The molecule has 2 N–H and O–H groups in total. The predicted octanol–water partition coefficient (Wildman–Crippen LogP) is 3.49. The summed E-state index contributed by atoms with van der Waals surface area (Å²) in [6, 6.07) is 9.45. The van der Waals surface area contributed by atoms with Crippen LogP contribution in [0.25, 0.3) is 0 Å². The Hall–Kier alpha value is -1.55. The highest BCUT2D eigenvalue weighted by molar-refractivity contribution is 14.0. The fourth-order valence-corrected chi connectivity index (χ4v) is 3.20. The van der Waals surface area contributed by atoms with Crippen LogP contribution in [-0.2, 0) is 6.54 Å². The summed E-state index contributed by atoms with van der Waals surface area (Å²) < 4.78 is 18.6. The molecular formula is C17H20FIN4OS. The standard InChI is InChI=1S/C17H19FN4OS.HI/c18-13-1-3-15(4-2-13)23-16-5-6-20-14(11-16)12-21-17(19)22-7-9-24-10-8-22;/h1-6,11H,7-10,12H2,(H2,19,21);1H. The number of rotatable bonds is 4. The number of guanidine groups is 1. The fraction of sp³-hybridized carbons (Fsp3) is 0.294. The van der Waals surface area contributed by atoms with Crippen molar-refractivity contribution >= 4 is 41.7 Å². The summed E-state index contributed by atoms with van der Waals surface area (Å²) >= 11 is 1.93. The number of hydrogen-bond acceptors (Lipinski definition) is 4. The molecule has 1 saturated heterocycles. The van der Waals surface area contributed by atoms with Crippen molar-refractivity contribution in [3.8, 4) is 11.5 Å². The first-order valence-electron chi connectivity index (χ1n) is 7.72. The van der Waals surface area contributed by atoms with Crippen LogP contribution in [0.1, 0.15) is 5.69 Å². The Morgan fingerprint density at radius 1 is 1.20 bits per heavy atom. The number of thioether (sulfide) groups is 1. The van der Waals surface area contributed by atoms with Crippen molar-refractivity contribution < 1.29 is 9.13 Å². The van der Waals surface area contributed by atoms with E-state index in [2.05, 4.69) is 14.9 Å². The maximum absolute atomic E-state index is 12.9. The molecule has 25 heavy (non-hydrogen) atoms. The quantitative estimate of drug-likeness (QED) is 0.418. The van der Waals surface area contributed by atoms with Crippen molar-refractivity contribution in [2.45, 2.75) is 6.54 Å². The van der Waals surface area contributed by atoms with Gasteiger partial charge in [0.25, 0.3) is 0 Å². The van der Waals surface area contributed by atoms with E-state index in [9.17, 15) is 4.39 Å². The first-order valence-corrected chi connectivity index (χ1v) is 8.87. The molecule has 0 aliphatic carbocycles. The fourth-order valence-electron chi connectivity index (χ4n) is 2.30. The molecule has 1 aliphatic heterocycles. The molecule has 0 atom stereocenters. The van der Waals surface area contributed by atoms with Gasteiger partial charge in [-0.05, 0) is 30.3 Å². The maximum Gasteiger partial charge on any atom is 0.191 e.